The summed E-state index contributed by atoms with van der Waals surface area (Å²) in [6.07, 6.45) is 3.83. The summed E-state index contributed by atoms with van der Waals surface area (Å²) in [5.41, 5.74) is 3.37. The van der Waals surface area contributed by atoms with E-state index in [2.05, 4.69) is 21.9 Å². The van der Waals surface area contributed by atoms with Gasteiger partial charge in [0, 0.05) is 18.9 Å². The molecule has 9 heteroatoms. The van der Waals surface area contributed by atoms with Crippen LogP contribution in [0, 0.1) is 0 Å². The summed E-state index contributed by atoms with van der Waals surface area (Å²) < 4.78 is 24.7. The predicted octanol–water partition coefficient (Wildman–Crippen LogP) is 2.21. The van der Waals surface area contributed by atoms with Gasteiger partial charge in [0.1, 0.15) is 30.2 Å². The van der Waals surface area contributed by atoms with E-state index in [1.165, 1.54) is 6.33 Å². The first kappa shape index (κ1) is 23.3. The summed E-state index contributed by atoms with van der Waals surface area (Å²) in [5, 5.41) is 14.3. The van der Waals surface area contributed by atoms with E-state index in [1.54, 1.807) is 20.3 Å². The van der Waals surface area contributed by atoms with E-state index in [9.17, 15) is 5.11 Å². The van der Waals surface area contributed by atoms with Gasteiger partial charge in [-0.15, -0.1) is 6.58 Å². The summed E-state index contributed by atoms with van der Waals surface area (Å²) in [7, 11) is 3.18. The van der Waals surface area contributed by atoms with Crippen molar-refractivity contribution in [1.29, 1.82) is 0 Å². The number of aliphatic hydroxyl groups is 1. The van der Waals surface area contributed by atoms with Crippen LogP contribution in [0.15, 0.2) is 55.5 Å². The Balaban J connectivity index is 1.67. The van der Waals surface area contributed by atoms with Crippen LogP contribution in [0.25, 0.3) is 11.0 Å². The minimum atomic E-state index is -0.758. The molecule has 4 atom stereocenters. The van der Waals surface area contributed by atoms with Gasteiger partial charge in [-0.1, -0.05) is 36.4 Å². The number of aromatic nitrogens is 3. The van der Waals surface area contributed by atoms with Crippen LogP contribution in [0.1, 0.15) is 17.2 Å². The quantitative estimate of drug-likeness (QED) is 0.426. The first-order valence-corrected chi connectivity index (χ1v) is 10.8. The molecule has 0 saturated carbocycles. The maximum Gasteiger partial charge on any atom is 0.241 e. The highest BCUT2D eigenvalue weighted by molar-refractivity contribution is 5.84. The molecule has 0 radical (unpaired) electrons. The minimum absolute atomic E-state index is 0.282. The highest BCUT2D eigenvalue weighted by Crippen LogP contribution is 2.36. The Morgan fingerprint density at radius 1 is 1.21 bits per heavy atom. The van der Waals surface area contributed by atoms with Crippen molar-refractivity contribution in [3.8, 4) is 5.88 Å². The summed E-state index contributed by atoms with van der Waals surface area (Å²) in [5.74, 6) is 0.449. The Bertz CT molecular complexity index is 1060. The summed E-state index contributed by atoms with van der Waals surface area (Å²) in [6.45, 7) is 5.14. The maximum absolute atomic E-state index is 10.9. The number of nitrogens with one attached hydrogen (secondary N) is 1. The SMILES string of the molecule is C=CCO[C@@H]1[C@H](O)[C@@H](COC)N[C@H]1c1cn(COCc2ccccc2)c2c(OC)ncnc12. The van der Waals surface area contributed by atoms with Crippen molar-refractivity contribution >= 4 is 11.0 Å². The van der Waals surface area contributed by atoms with E-state index in [0.29, 0.717) is 31.2 Å². The molecule has 1 aromatic carbocycles. The molecule has 0 bridgehead atoms. The third-order valence-electron chi connectivity index (χ3n) is 5.74. The topological polar surface area (TPSA) is 99.9 Å². The summed E-state index contributed by atoms with van der Waals surface area (Å²) >= 11 is 0. The van der Waals surface area contributed by atoms with Gasteiger partial charge in [-0.05, 0) is 5.56 Å². The zero-order valence-corrected chi connectivity index (χ0v) is 18.9. The van der Waals surface area contributed by atoms with Gasteiger partial charge in [-0.25, -0.2) is 4.98 Å². The maximum atomic E-state index is 10.9. The number of aliphatic hydroxyl groups excluding tert-OH is 1. The lowest BCUT2D eigenvalue weighted by atomic mass is 10.0. The van der Waals surface area contributed by atoms with E-state index in [4.69, 9.17) is 18.9 Å². The molecule has 3 aromatic rings. The standard InChI is InChI=1S/C24H30N4O5/c1-4-10-33-23-20(27-18(13-30-2)22(23)29)17-11-28(15-32-12-16-8-6-5-7-9-16)21-19(17)25-14-26-24(21)31-3/h4-9,11,14,18,20,22-23,27,29H,1,10,12-13,15H2,2-3H3/t18-,20+,22-,23+/m1/s1. The second-order valence-corrected chi connectivity index (χ2v) is 7.88. The van der Waals surface area contributed by atoms with E-state index in [0.717, 1.165) is 16.6 Å². The van der Waals surface area contributed by atoms with Gasteiger partial charge >= 0.3 is 0 Å². The summed E-state index contributed by atoms with van der Waals surface area (Å²) in [4.78, 5) is 8.81. The number of hydrogen-bond acceptors (Lipinski definition) is 8. The molecular weight excluding hydrogens is 424 g/mol. The molecule has 2 N–H and O–H groups in total. The van der Waals surface area contributed by atoms with Gasteiger partial charge in [0.15, 0.2) is 0 Å². The molecule has 1 saturated heterocycles. The third-order valence-corrected chi connectivity index (χ3v) is 5.74. The van der Waals surface area contributed by atoms with Crippen molar-refractivity contribution in [2.24, 2.45) is 0 Å². The molecular formula is C24H30N4O5. The molecule has 0 unspecified atom stereocenters. The van der Waals surface area contributed by atoms with Gasteiger partial charge in [-0.3, -0.25) is 0 Å². The van der Waals surface area contributed by atoms with Crippen LogP contribution in [0.5, 0.6) is 5.88 Å². The van der Waals surface area contributed by atoms with E-state index >= 15 is 0 Å². The number of ether oxygens (including phenoxy) is 4. The van der Waals surface area contributed by atoms with Gasteiger partial charge in [0.25, 0.3) is 0 Å². The lowest BCUT2D eigenvalue weighted by Crippen LogP contribution is -2.37. The van der Waals surface area contributed by atoms with Crippen molar-refractivity contribution in [3.05, 3.63) is 66.6 Å². The van der Waals surface area contributed by atoms with E-state index in [-0.39, 0.29) is 18.8 Å². The first-order valence-electron chi connectivity index (χ1n) is 10.8. The summed E-state index contributed by atoms with van der Waals surface area (Å²) in [6, 6.07) is 9.37. The highest BCUT2D eigenvalue weighted by atomic mass is 16.5. The second-order valence-electron chi connectivity index (χ2n) is 7.88. The highest BCUT2D eigenvalue weighted by Gasteiger charge is 2.44. The number of rotatable bonds is 11. The Morgan fingerprint density at radius 2 is 2.03 bits per heavy atom. The Labute approximate surface area is 193 Å². The van der Waals surface area contributed by atoms with Crippen molar-refractivity contribution in [2.75, 3.05) is 27.4 Å². The third kappa shape index (κ3) is 4.92. The molecule has 4 rings (SSSR count). The van der Waals surface area contributed by atoms with Crippen LogP contribution in [0.2, 0.25) is 0 Å². The Hall–Kier alpha value is -2.82. The van der Waals surface area contributed by atoms with Crippen molar-refractivity contribution in [1.82, 2.24) is 19.9 Å². The van der Waals surface area contributed by atoms with Gasteiger partial charge < -0.3 is 33.9 Å². The molecule has 0 spiro atoms. The molecule has 1 aliphatic heterocycles. The van der Waals surface area contributed by atoms with Gasteiger partial charge in [0.05, 0.1) is 45.1 Å². The van der Waals surface area contributed by atoms with Crippen molar-refractivity contribution in [3.63, 3.8) is 0 Å². The first-order chi connectivity index (χ1) is 16.2. The molecule has 2 aromatic heterocycles. The number of hydrogen-bond donors (Lipinski definition) is 2. The number of methoxy groups -OCH3 is 2. The Morgan fingerprint density at radius 3 is 2.76 bits per heavy atom. The zero-order valence-electron chi connectivity index (χ0n) is 18.9. The fourth-order valence-electron chi connectivity index (χ4n) is 4.26. The number of benzene rings is 1. The van der Waals surface area contributed by atoms with E-state index < -0.39 is 12.2 Å². The molecule has 9 nitrogen and oxygen atoms in total. The molecule has 176 valence electrons. The average Bonchev–Trinajstić information content (AvgIpc) is 3.36. The largest absolute Gasteiger partial charge is 0.479 e. The predicted molar refractivity (Wildman–Crippen MR) is 123 cm³/mol. The van der Waals surface area contributed by atoms with Gasteiger partial charge in [0.2, 0.25) is 5.88 Å². The molecule has 3 heterocycles. The molecule has 1 aliphatic rings. The molecule has 1 fully saturated rings. The molecule has 0 amide bonds. The minimum Gasteiger partial charge on any atom is -0.479 e. The van der Waals surface area contributed by atoms with Crippen LogP contribution in [-0.2, 0) is 27.5 Å². The fraction of sp³-hybridized carbons (Fsp3) is 0.417. The average molecular weight is 455 g/mol. The molecule has 33 heavy (non-hydrogen) atoms. The van der Waals surface area contributed by atoms with Crippen molar-refractivity contribution < 1.29 is 24.1 Å². The lowest BCUT2D eigenvalue weighted by molar-refractivity contribution is -0.0258. The lowest BCUT2D eigenvalue weighted by Gasteiger charge is -2.21. The number of fused-ring (bicyclic) bond motifs is 1. The molecule has 0 aliphatic carbocycles. The smallest absolute Gasteiger partial charge is 0.241 e. The van der Waals surface area contributed by atoms with Crippen molar-refractivity contribution in [2.45, 2.75) is 37.6 Å². The van der Waals surface area contributed by atoms with Crippen LogP contribution < -0.4 is 10.1 Å². The van der Waals surface area contributed by atoms with Gasteiger partial charge in [-0.2, -0.15) is 4.98 Å². The van der Waals surface area contributed by atoms with Crippen LogP contribution >= 0.6 is 0 Å². The normalized spacial score (nSPS) is 22.6. The van der Waals surface area contributed by atoms with Crippen LogP contribution in [0.3, 0.4) is 0 Å². The fourth-order valence-corrected chi connectivity index (χ4v) is 4.26. The second kappa shape index (κ2) is 10.9. The Kier molecular flexibility index (Phi) is 7.69. The number of nitrogens with zero attached hydrogens (tertiary/aromatic N) is 3. The monoisotopic (exact) mass is 454 g/mol. The van der Waals surface area contributed by atoms with Crippen LogP contribution in [0.4, 0.5) is 0 Å². The van der Waals surface area contributed by atoms with E-state index in [1.807, 2.05) is 41.1 Å². The van der Waals surface area contributed by atoms with Crippen LogP contribution in [-0.4, -0.2) is 65.3 Å². The zero-order chi connectivity index (χ0) is 23.2.